The average molecular weight is 299 g/mol. The third-order valence-electron chi connectivity index (χ3n) is 3.24. The van der Waals surface area contributed by atoms with Crippen molar-refractivity contribution < 1.29 is 9.53 Å². The number of carbonyl (C=O) groups excluding carboxylic acids is 1. The summed E-state index contributed by atoms with van der Waals surface area (Å²) in [7, 11) is 0. The Bertz CT molecular complexity index is 507. The van der Waals surface area contributed by atoms with E-state index < -0.39 is 0 Å². The second-order valence-electron chi connectivity index (χ2n) is 5.48. The van der Waals surface area contributed by atoms with Gasteiger partial charge in [-0.25, -0.2) is 10.8 Å². The van der Waals surface area contributed by atoms with Crippen molar-refractivity contribution in [1.82, 2.24) is 10.3 Å². The fourth-order valence-corrected chi connectivity index (χ4v) is 2.53. The number of nitrogens with zero attached hydrogens (tertiary/aromatic N) is 1. The minimum atomic E-state index is -0.212. The van der Waals surface area contributed by atoms with E-state index in [2.05, 4.69) is 15.7 Å². The number of hydrogen-bond donors (Lipinski definition) is 3. The summed E-state index contributed by atoms with van der Waals surface area (Å²) in [5, 5.41) is 3.22. The standard InChI is InChI=1S/C13H19ClN4O2/c1-13(2)7-9(3-4-20-13)16-12(19)8-5-10(14)17-11(6-8)18-15/h5-6,9H,3-4,7,15H2,1-2H3,(H,16,19)(H,17,18). The number of pyridine rings is 1. The van der Waals surface area contributed by atoms with Crippen molar-refractivity contribution in [3.63, 3.8) is 0 Å². The van der Waals surface area contributed by atoms with E-state index in [1.807, 2.05) is 13.8 Å². The summed E-state index contributed by atoms with van der Waals surface area (Å²) in [5.41, 5.74) is 2.60. The zero-order valence-corrected chi connectivity index (χ0v) is 12.3. The quantitative estimate of drug-likeness (QED) is 0.449. The maximum absolute atomic E-state index is 12.2. The van der Waals surface area contributed by atoms with Crippen molar-refractivity contribution in [2.75, 3.05) is 12.0 Å². The Morgan fingerprint density at radius 2 is 2.30 bits per heavy atom. The molecule has 1 aliphatic rings. The smallest absolute Gasteiger partial charge is 0.251 e. The van der Waals surface area contributed by atoms with Crippen LogP contribution in [0.25, 0.3) is 0 Å². The van der Waals surface area contributed by atoms with Crippen molar-refractivity contribution in [2.24, 2.45) is 5.84 Å². The van der Waals surface area contributed by atoms with E-state index in [0.717, 1.165) is 12.8 Å². The molecule has 1 aliphatic heterocycles. The lowest BCUT2D eigenvalue weighted by atomic mass is 9.94. The number of nitrogens with one attached hydrogen (secondary N) is 2. The summed E-state index contributed by atoms with van der Waals surface area (Å²) in [6, 6.07) is 3.17. The molecule has 2 heterocycles. The van der Waals surface area contributed by atoms with Crippen LogP contribution in [0.3, 0.4) is 0 Å². The van der Waals surface area contributed by atoms with E-state index >= 15 is 0 Å². The van der Waals surface area contributed by atoms with Gasteiger partial charge >= 0.3 is 0 Å². The largest absolute Gasteiger partial charge is 0.375 e. The van der Waals surface area contributed by atoms with Crippen LogP contribution in [0, 0.1) is 0 Å². The molecule has 0 bridgehead atoms. The van der Waals surface area contributed by atoms with Crippen molar-refractivity contribution in [1.29, 1.82) is 0 Å². The van der Waals surface area contributed by atoms with Crippen molar-refractivity contribution in [2.45, 2.75) is 38.3 Å². The number of carbonyl (C=O) groups is 1. The molecule has 0 spiro atoms. The molecule has 4 N–H and O–H groups in total. The molecule has 1 aromatic rings. The van der Waals surface area contributed by atoms with Gasteiger partial charge in [0.1, 0.15) is 11.0 Å². The predicted molar refractivity (Wildman–Crippen MR) is 77.6 cm³/mol. The second-order valence-corrected chi connectivity index (χ2v) is 5.87. The Balaban J connectivity index is 2.06. The van der Waals surface area contributed by atoms with E-state index in [-0.39, 0.29) is 22.7 Å². The maximum atomic E-state index is 12.2. The van der Waals surface area contributed by atoms with Crippen molar-refractivity contribution >= 4 is 23.3 Å². The number of aromatic nitrogens is 1. The van der Waals surface area contributed by atoms with E-state index in [9.17, 15) is 4.79 Å². The highest BCUT2D eigenvalue weighted by molar-refractivity contribution is 6.29. The van der Waals surface area contributed by atoms with Gasteiger partial charge in [-0.3, -0.25) is 4.79 Å². The molecule has 1 aromatic heterocycles. The van der Waals surface area contributed by atoms with Crippen LogP contribution in [-0.4, -0.2) is 29.1 Å². The highest BCUT2D eigenvalue weighted by Crippen LogP contribution is 2.24. The molecule has 1 saturated heterocycles. The monoisotopic (exact) mass is 298 g/mol. The van der Waals surface area contributed by atoms with E-state index in [1.165, 1.54) is 6.07 Å². The fraction of sp³-hybridized carbons (Fsp3) is 0.538. The van der Waals surface area contributed by atoms with Gasteiger partial charge in [-0.15, -0.1) is 0 Å². The first kappa shape index (κ1) is 15.0. The minimum Gasteiger partial charge on any atom is -0.375 e. The summed E-state index contributed by atoms with van der Waals surface area (Å²) in [5.74, 6) is 5.46. The molecule has 0 aromatic carbocycles. The molecule has 2 rings (SSSR count). The summed E-state index contributed by atoms with van der Waals surface area (Å²) < 4.78 is 5.63. The van der Waals surface area contributed by atoms with Crippen LogP contribution in [0.5, 0.6) is 0 Å². The number of rotatable bonds is 3. The lowest BCUT2D eigenvalue weighted by Crippen LogP contribution is -2.45. The minimum absolute atomic E-state index is 0.0903. The first-order chi connectivity index (χ1) is 9.39. The number of nitrogens with two attached hydrogens (primary N) is 1. The van der Waals surface area contributed by atoms with Gasteiger partial charge < -0.3 is 15.5 Å². The topological polar surface area (TPSA) is 89.3 Å². The highest BCUT2D eigenvalue weighted by Gasteiger charge is 2.29. The van der Waals surface area contributed by atoms with Crippen molar-refractivity contribution in [3.8, 4) is 0 Å². The van der Waals surface area contributed by atoms with E-state index in [0.29, 0.717) is 18.0 Å². The average Bonchev–Trinajstić information content (AvgIpc) is 2.36. The summed E-state index contributed by atoms with van der Waals surface area (Å²) in [6.45, 7) is 4.68. The van der Waals surface area contributed by atoms with Crippen LogP contribution < -0.4 is 16.6 Å². The zero-order valence-electron chi connectivity index (χ0n) is 11.6. The molecular formula is C13H19ClN4O2. The number of amides is 1. The number of anilines is 1. The fourth-order valence-electron chi connectivity index (χ4n) is 2.33. The van der Waals surface area contributed by atoms with Crippen LogP contribution in [0.4, 0.5) is 5.82 Å². The lowest BCUT2D eigenvalue weighted by Gasteiger charge is -2.35. The maximum Gasteiger partial charge on any atom is 0.251 e. The van der Waals surface area contributed by atoms with E-state index in [4.69, 9.17) is 22.2 Å². The van der Waals surface area contributed by atoms with Crippen LogP contribution >= 0.6 is 11.6 Å². The summed E-state index contributed by atoms with van der Waals surface area (Å²) in [6.07, 6.45) is 1.58. The number of halogens is 1. The zero-order chi connectivity index (χ0) is 14.8. The Kier molecular flexibility index (Phi) is 4.47. The molecule has 0 saturated carbocycles. The Labute approximate surface area is 123 Å². The van der Waals surface area contributed by atoms with Crippen LogP contribution in [0.1, 0.15) is 37.0 Å². The van der Waals surface area contributed by atoms with Gasteiger partial charge in [-0.1, -0.05) is 11.6 Å². The normalized spacial score (nSPS) is 21.3. The van der Waals surface area contributed by atoms with Crippen LogP contribution in [0.2, 0.25) is 5.15 Å². The molecule has 110 valence electrons. The van der Waals surface area contributed by atoms with Gasteiger partial charge in [0.05, 0.1) is 5.60 Å². The first-order valence-corrected chi connectivity index (χ1v) is 6.86. The molecule has 20 heavy (non-hydrogen) atoms. The van der Waals surface area contributed by atoms with Gasteiger partial charge in [-0.2, -0.15) is 0 Å². The predicted octanol–water partition coefficient (Wildman–Crippen LogP) is 1.71. The highest BCUT2D eigenvalue weighted by atomic mass is 35.5. The Morgan fingerprint density at radius 1 is 1.55 bits per heavy atom. The van der Waals surface area contributed by atoms with Gasteiger partial charge in [0.2, 0.25) is 0 Å². The molecule has 1 atom stereocenters. The van der Waals surface area contributed by atoms with Crippen LogP contribution in [-0.2, 0) is 4.74 Å². The first-order valence-electron chi connectivity index (χ1n) is 6.49. The molecule has 0 aliphatic carbocycles. The number of nitrogen functional groups attached to an aromatic ring is 1. The van der Waals surface area contributed by atoms with Gasteiger partial charge in [0, 0.05) is 18.2 Å². The van der Waals surface area contributed by atoms with Gasteiger partial charge in [0.25, 0.3) is 5.91 Å². The molecule has 1 amide bonds. The van der Waals surface area contributed by atoms with Crippen molar-refractivity contribution in [3.05, 3.63) is 22.8 Å². The van der Waals surface area contributed by atoms with Gasteiger partial charge in [-0.05, 0) is 38.8 Å². The summed E-state index contributed by atoms with van der Waals surface area (Å²) in [4.78, 5) is 16.2. The number of hydrogen-bond acceptors (Lipinski definition) is 5. The third kappa shape index (κ3) is 3.82. The SMILES string of the molecule is CC1(C)CC(NC(=O)c2cc(Cl)nc(NN)c2)CCO1. The van der Waals surface area contributed by atoms with Gasteiger partial charge in [0.15, 0.2) is 0 Å². The number of ether oxygens (including phenoxy) is 1. The summed E-state index contributed by atoms with van der Waals surface area (Å²) >= 11 is 5.85. The molecule has 6 nitrogen and oxygen atoms in total. The molecular weight excluding hydrogens is 280 g/mol. The molecule has 7 heteroatoms. The second kappa shape index (κ2) is 5.95. The number of hydrazine groups is 1. The van der Waals surface area contributed by atoms with E-state index in [1.54, 1.807) is 6.07 Å². The Hall–Kier alpha value is -1.37. The Morgan fingerprint density at radius 3 is 2.95 bits per heavy atom. The molecule has 1 fully saturated rings. The molecule has 0 radical (unpaired) electrons. The van der Waals surface area contributed by atoms with Crippen LogP contribution in [0.15, 0.2) is 12.1 Å². The third-order valence-corrected chi connectivity index (χ3v) is 3.43. The lowest BCUT2D eigenvalue weighted by molar-refractivity contribution is -0.0615. The molecule has 1 unspecified atom stereocenters.